The van der Waals surface area contributed by atoms with Crippen molar-refractivity contribution >= 4 is 39.7 Å². The lowest BCUT2D eigenvalue weighted by atomic mass is 10.1. The van der Waals surface area contributed by atoms with E-state index in [1.165, 1.54) is 29.0 Å². The second kappa shape index (κ2) is 8.50. The van der Waals surface area contributed by atoms with Crippen molar-refractivity contribution in [2.45, 2.75) is 26.8 Å². The van der Waals surface area contributed by atoms with Crippen molar-refractivity contribution in [2.24, 2.45) is 0 Å². The van der Waals surface area contributed by atoms with Gasteiger partial charge in [0.2, 0.25) is 0 Å². The maximum atomic E-state index is 13.1. The van der Waals surface area contributed by atoms with Crippen molar-refractivity contribution in [2.75, 3.05) is 5.32 Å². The number of anilines is 2. The molecule has 0 fully saturated rings. The smallest absolute Gasteiger partial charge is 0.263 e. The summed E-state index contributed by atoms with van der Waals surface area (Å²) in [6, 6.07) is 12.1. The molecule has 1 amide bonds. The summed E-state index contributed by atoms with van der Waals surface area (Å²) in [5.41, 5.74) is 3.48. The van der Waals surface area contributed by atoms with Crippen LogP contribution >= 0.6 is 22.9 Å². The van der Waals surface area contributed by atoms with Crippen LogP contribution in [0.25, 0.3) is 0 Å². The number of amides is 1. The second-order valence-electron chi connectivity index (χ2n) is 5.99. The zero-order chi connectivity index (χ0) is 19.4. The molecule has 0 saturated heterocycles. The van der Waals surface area contributed by atoms with Crippen molar-refractivity contribution < 1.29 is 9.18 Å². The molecule has 0 atom stereocenters. The first-order valence-electron chi connectivity index (χ1n) is 8.52. The Hall–Kier alpha value is -2.44. The van der Waals surface area contributed by atoms with Crippen molar-refractivity contribution in [1.29, 1.82) is 0 Å². The van der Waals surface area contributed by atoms with Crippen LogP contribution in [0.2, 0.25) is 5.02 Å². The van der Waals surface area contributed by atoms with Crippen molar-refractivity contribution in [3.63, 3.8) is 0 Å². The highest BCUT2D eigenvalue weighted by Gasteiger charge is 2.16. The minimum absolute atomic E-state index is 0.219. The van der Waals surface area contributed by atoms with Crippen molar-refractivity contribution in [1.82, 2.24) is 10.3 Å². The van der Waals surface area contributed by atoms with E-state index in [0.29, 0.717) is 21.3 Å². The number of carbonyl (C=O) groups is 1. The first-order chi connectivity index (χ1) is 13.0. The number of para-hydroxylation sites is 1. The number of rotatable bonds is 6. The third-order valence-electron chi connectivity index (χ3n) is 4.10. The average molecular weight is 404 g/mol. The predicted octanol–water partition coefficient (Wildman–Crippen LogP) is 5.48. The summed E-state index contributed by atoms with van der Waals surface area (Å²) in [6.45, 7) is 4.11. The molecule has 3 rings (SSSR count). The van der Waals surface area contributed by atoms with Gasteiger partial charge in [0.05, 0.1) is 5.69 Å². The standard InChI is InChI=1S/C20H19ClFN3OS/c1-3-13-6-4-5-7-17(13)25-20-24-12(2)18(27-20)19(26)23-11-14-8-9-15(22)10-16(14)21/h4-10H,3,11H2,1-2H3,(H,23,26)(H,24,25). The van der Waals surface area contributed by atoms with Crippen molar-refractivity contribution in [3.05, 3.63) is 75.0 Å². The molecular formula is C20H19ClFN3OS. The Bertz CT molecular complexity index is 974. The molecule has 2 aromatic carbocycles. The molecule has 7 heteroatoms. The van der Waals surface area contributed by atoms with Gasteiger partial charge in [-0.3, -0.25) is 4.79 Å². The van der Waals surface area contributed by atoms with Gasteiger partial charge in [-0.15, -0.1) is 0 Å². The number of aryl methyl sites for hydroxylation is 2. The van der Waals surface area contributed by atoms with Crippen LogP contribution in [0.3, 0.4) is 0 Å². The molecule has 0 aliphatic rings. The number of nitrogens with one attached hydrogen (secondary N) is 2. The van der Waals surface area contributed by atoms with Gasteiger partial charge < -0.3 is 10.6 Å². The highest BCUT2D eigenvalue weighted by Crippen LogP contribution is 2.28. The zero-order valence-corrected chi connectivity index (χ0v) is 16.5. The molecule has 0 saturated carbocycles. The van der Waals surface area contributed by atoms with Gasteiger partial charge in [-0.05, 0) is 42.7 Å². The van der Waals surface area contributed by atoms with Crippen LogP contribution in [0.5, 0.6) is 0 Å². The largest absolute Gasteiger partial charge is 0.347 e. The minimum Gasteiger partial charge on any atom is -0.347 e. The summed E-state index contributed by atoms with van der Waals surface area (Å²) in [6.07, 6.45) is 0.902. The maximum absolute atomic E-state index is 13.1. The Balaban J connectivity index is 1.71. The summed E-state index contributed by atoms with van der Waals surface area (Å²) >= 11 is 7.30. The fourth-order valence-corrected chi connectivity index (χ4v) is 3.78. The Morgan fingerprint density at radius 1 is 1.22 bits per heavy atom. The summed E-state index contributed by atoms with van der Waals surface area (Å²) in [5, 5.41) is 7.06. The van der Waals surface area contributed by atoms with Crippen LogP contribution in [0.15, 0.2) is 42.5 Å². The normalized spacial score (nSPS) is 10.7. The molecule has 27 heavy (non-hydrogen) atoms. The molecule has 4 nitrogen and oxygen atoms in total. The highest BCUT2D eigenvalue weighted by molar-refractivity contribution is 7.17. The third kappa shape index (κ3) is 4.64. The van der Waals surface area contributed by atoms with Gasteiger partial charge in [0.25, 0.3) is 5.91 Å². The molecular weight excluding hydrogens is 385 g/mol. The number of aromatic nitrogens is 1. The Morgan fingerprint density at radius 3 is 2.74 bits per heavy atom. The van der Waals surface area contributed by atoms with E-state index in [1.807, 2.05) is 18.2 Å². The third-order valence-corrected chi connectivity index (χ3v) is 5.52. The number of hydrogen-bond acceptors (Lipinski definition) is 4. The summed E-state index contributed by atoms with van der Waals surface area (Å²) in [4.78, 5) is 17.5. The number of benzene rings is 2. The summed E-state index contributed by atoms with van der Waals surface area (Å²) < 4.78 is 13.1. The fraction of sp³-hybridized carbons (Fsp3) is 0.200. The van der Waals surface area contributed by atoms with E-state index in [4.69, 9.17) is 11.6 Å². The Kier molecular flexibility index (Phi) is 6.08. The number of hydrogen-bond donors (Lipinski definition) is 2. The summed E-state index contributed by atoms with van der Waals surface area (Å²) in [7, 11) is 0. The highest BCUT2D eigenvalue weighted by atomic mass is 35.5. The van der Waals surface area contributed by atoms with Crippen LogP contribution in [-0.2, 0) is 13.0 Å². The van der Waals surface area contributed by atoms with Crippen LogP contribution < -0.4 is 10.6 Å². The number of carbonyl (C=O) groups excluding carboxylic acids is 1. The van der Waals surface area contributed by atoms with E-state index in [9.17, 15) is 9.18 Å². The quantitative estimate of drug-likeness (QED) is 0.573. The van der Waals surface area contributed by atoms with Gasteiger partial charge >= 0.3 is 0 Å². The lowest BCUT2D eigenvalue weighted by molar-refractivity contribution is 0.0954. The molecule has 2 N–H and O–H groups in total. The molecule has 1 heterocycles. The summed E-state index contributed by atoms with van der Waals surface area (Å²) in [5.74, 6) is -0.640. The molecule has 0 bridgehead atoms. The van der Waals surface area contributed by atoms with E-state index < -0.39 is 5.82 Å². The lowest BCUT2D eigenvalue weighted by Crippen LogP contribution is -2.22. The Morgan fingerprint density at radius 2 is 2.00 bits per heavy atom. The number of nitrogens with zero attached hydrogens (tertiary/aromatic N) is 1. The molecule has 0 aliphatic carbocycles. The molecule has 1 aromatic heterocycles. The van der Waals surface area contributed by atoms with Gasteiger partial charge in [0.15, 0.2) is 5.13 Å². The van der Waals surface area contributed by atoms with Crippen molar-refractivity contribution in [3.8, 4) is 0 Å². The number of thiazole rings is 1. The van der Waals surface area contributed by atoms with E-state index in [1.54, 1.807) is 13.0 Å². The van der Waals surface area contributed by atoms with Crippen LogP contribution in [0, 0.1) is 12.7 Å². The van der Waals surface area contributed by atoms with E-state index in [0.717, 1.165) is 12.1 Å². The van der Waals surface area contributed by atoms with Crippen LogP contribution in [0.1, 0.15) is 33.4 Å². The monoisotopic (exact) mass is 403 g/mol. The minimum atomic E-state index is -0.406. The van der Waals surface area contributed by atoms with Gasteiger partial charge in [0.1, 0.15) is 10.7 Å². The van der Waals surface area contributed by atoms with Gasteiger partial charge in [-0.1, -0.05) is 54.1 Å². The zero-order valence-electron chi connectivity index (χ0n) is 15.0. The van der Waals surface area contributed by atoms with Gasteiger partial charge in [-0.2, -0.15) is 0 Å². The average Bonchev–Trinajstić information content (AvgIpc) is 3.01. The molecule has 0 spiro atoms. The fourth-order valence-electron chi connectivity index (χ4n) is 2.65. The van der Waals surface area contributed by atoms with E-state index in [2.05, 4.69) is 28.6 Å². The molecule has 0 aliphatic heterocycles. The first kappa shape index (κ1) is 19.3. The van der Waals surface area contributed by atoms with Crippen LogP contribution in [0.4, 0.5) is 15.2 Å². The van der Waals surface area contributed by atoms with Gasteiger partial charge in [-0.25, -0.2) is 9.37 Å². The second-order valence-corrected chi connectivity index (χ2v) is 7.39. The van der Waals surface area contributed by atoms with E-state index >= 15 is 0 Å². The topological polar surface area (TPSA) is 54.0 Å². The molecule has 3 aromatic rings. The Labute approximate surface area is 166 Å². The maximum Gasteiger partial charge on any atom is 0.263 e. The molecule has 140 valence electrons. The SMILES string of the molecule is CCc1ccccc1Nc1nc(C)c(C(=O)NCc2ccc(F)cc2Cl)s1. The lowest BCUT2D eigenvalue weighted by Gasteiger charge is -2.07. The van der Waals surface area contributed by atoms with Gasteiger partial charge in [0, 0.05) is 17.3 Å². The van der Waals surface area contributed by atoms with E-state index in [-0.39, 0.29) is 17.5 Å². The first-order valence-corrected chi connectivity index (χ1v) is 9.72. The van der Waals surface area contributed by atoms with Crippen LogP contribution in [-0.4, -0.2) is 10.9 Å². The molecule has 0 unspecified atom stereocenters. The molecule has 0 radical (unpaired) electrons. The number of halogens is 2. The predicted molar refractivity (Wildman–Crippen MR) is 109 cm³/mol.